The number of unbranched alkanes of at least 4 members (excludes halogenated alkanes) is 35. The normalized spacial score (nSPS) is 11.8. The summed E-state index contributed by atoms with van der Waals surface area (Å²) < 4.78 is 16.7. The quantitative estimate of drug-likeness (QED) is 0.0347. The number of rotatable bonds is 46. The van der Waals surface area contributed by atoms with Gasteiger partial charge in [0, 0.05) is 19.3 Å². The van der Waals surface area contributed by atoms with Crippen molar-refractivity contribution in [1.29, 1.82) is 0 Å². The predicted molar refractivity (Wildman–Crippen MR) is 238 cm³/mol. The van der Waals surface area contributed by atoms with E-state index in [4.69, 9.17) is 14.2 Å². The van der Waals surface area contributed by atoms with Crippen LogP contribution in [-0.4, -0.2) is 37.2 Å². The van der Waals surface area contributed by atoms with Gasteiger partial charge in [-0.05, 0) is 19.3 Å². The summed E-state index contributed by atoms with van der Waals surface area (Å²) in [4.78, 5) is 37.7. The van der Waals surface area contributed by atoms with Gasteiger partial charge in [-0.3, -0.25) is 14.4 Å². The Kier molecular flexibility index (Phi) is 44.8. The molecule has 0 aromatic carbocycles. The summed E-state index contributed by atoms with van der Waals surface area (Å²) in [6.45, 7) is 6.63. The van der Waals surface area contributed by atoms with Crippen LogP contribution in [0.15, 0.2) is 0 Å². The van der Waals surface area contributed by atoms with Crippen molar-refractivity contribution in [3.05, 3.63) is 0 Å². The Morgan fingerprint density at radius 2 is 0.482 bits per heavy atom. The van der Waals surface area contributed by atoms with E-state index in [9.17, 15) is 14.4 Å². The third-order valence-electron chi connectivity index (χ3n) is 11.4. The van der Waals surface area contributed by atoms with Crippen LogP contribution in [0.3, 0.4) is 0 Å². The van der Waals surface area contributed by atoms with Gasteiger partial charge in [0.25, 0.3) is 0 Å². The molecule has 0 spiro atoms. The molecule has 0 aromatic rings. The lowest BCUT2D eigenvalue weighted by molar-refractivity contribution is -0.167. The molecule has 0 fully saturated rings. The van der Waals surface area contributed by atoms with Gasteiger partial charge in [0.05, 0.1) is 0 Å². The summed E-state index contributed by atoms with van der Waals surface area (Å²) in [7, 11) is 0. The molecule has 332 valence electrons. The van der Waals surface area contributed by atoms with Crippen molar-refractivity contribution < 1.29 is 28.6 Å². The maximum Gasteiger partial charge on any atom is 0.306 e. The smallest absolute Gasteiger partial charge is 0.306 e. The van der Waals surface area contributed by atoms with Gasteiger partial charge < -0.3 is 14.2 Å². The molecule has 1 atom stereocenters. The van der Waals surface area contributed by atoms with Gasteiger partial charge in [0.2, 0.25) is 0 Å². The molecule has 0 aliphatic rings. The SMILES string of the molecule is CCCCCCCCCCCCCCCCCCCCCC(=O)O[C@@H](COC(=O)CCCCCCCCC)COC(=O)CCCCCCCCCCCCCC. The lowest BCUT2D eigenvalue weighted by Gasteiger charge is -2.18. The highest BCUT2D eigenvalue weighted by Crippen LogP contribution is 2.17. The van der Waals surface area contributed by atoms with Crippen molar-refractivity contribution in [2.75, 3.05) is 13.2 Å². The second-order valence-corrected chi connectivity index (χ2v) is 17.1. The molecule has 0 aromatic heterocycles. The zero-order chi connectivity index (χ0) is 40.8. The summed E-state index contributed by atoms with van der Waals surface area (Å²) in [5, 5.41) is 0. The fourth-order valence-electron chi connectivity index (χ4n) is 7.56. The second kappa shape index (κ2) is 46.1. The third-order valence-corrected chi connectivity index (χ3v) is 11.4. The maximum absolute atomic E-state index is 12.7. The number of carbonyl (C=O) groups is 3. The van der Waals surface area contributed by atoms with Crippen LogP contribution in [-0.2, 0) is 28.6 Å². The molecule has 6 heteroatoms. The molecular weight excluding hydrogens is 697 g/mol. The number of esters is 3. The standard InChI is InChI=1S/C50H96O6/c1-4-7-10-13-16-18-20-22-23-24-25-26-27-28-30-32-35-38-41-44-50(53)56-47(45-54-48(51)42-39-36-33-15-12-9-6-3)46-55-49(52)43-40-37-34-31-29-21-19-17-14-11-8-5-2/h47H,4-46H2,1-3H3/t47-/m0/s1. The van der Waals surface area contributed by atoms with Gasteiger partial charge in [0.15, 0.2) is 6.10 Å². The van der Waals surface area contributed by atoms with E-state index in [1.165, 1.54) is 186 Å². The number of carbonyl (C=O) groups excluding carboxylic acids is 3. The highest BCUT2D eigenvalue weighted by molar-refractivity contribution is 5.71. The zero-order valence-corrected chi connectivity index (χ0v) is 37.9. The minimum Gasteiger partial charge on any atom is -0.462 e. The van der Waals surface area contributed by atoms with Gasteiger partial charge >= 0.3 is 17.9 Å². The Morgan fingerprint density at radius 1 is 0.286 bits per heavy atom. The van der Waals surface area contributed by atoms with Crippen LogP contribution < -0.4 is 0 Å². The van der Waals surface area contributed by atoms with E-state index in [1.54, 1.807) is 0 Å². The molecule has 0 amide bonds. The summed E-state index contributed by atoms with van der Waals surface area (Å²) in [6.07, 6.45) is 48.2. The Hall–Kier alpha value is -1.59. The number of hydrogen-bond acceptors (Lipinski definition) is 6. The first kappa shape index (κ1) is 54.4. The second-order valence-electron chi connectivity index (χ2n) is 17.1. The van der Waals surface area contributed by atoms with E-state index >= 15 is 0 Å². The van der Waals surface area contributed by atoms with Crippen molar-refractivity contribution in [3.8, 4) is 0 Å². The molecule has 0 heterocycles. The summed E-state index contributed by atoms with van der Waals surface area (Å²) >= 11 is 0. The molecule has 0 aliphatic heterocycles. The van der Waals surface area contributed by atoms with E-state index in [0.717, 1.165) is 57.8 Å². The van der Waals surface area contributed by atoms with Crippen LogP contribution in [0, 0.1) is 0 Å². The molecule has 0 aliphatic carbocycles. The summed E-state index contributed by atoms with van der Waals surface area (Å²) in [6, 6.07) is 0. The monoisotopic (exact) mass is 793 g/mol. The van der Waals surface area contributed by atoms with Crippen molar-refractivity contribution in [2.45, 2.75) is 290 Å². The largest absolute Gasteiger partial charge is 0.462 e. The highest BCUT2D eigenvalue weighted by Gasteiger charge is 2.19. The Bertz CT molecular complexity index is 828. The Balaban J connectivity index is 4.17. The molecule has 0 unspecified atom stereocenters. The number of hydrogen-bond donors (Lipinski definition) is 0. The highest BCUT2D eigenvalue weighted by atomic mass is 16.6. The van der Waals surface area contributed by atoms with Crippen LogP contribution in [0.5, 0.6) is 0 Å². The third kappa shape index (κ3) is 43.5. The predicted octanol–water partition coefficient (Wildman–Crippen LogP) is 16.0. The van der Waals surface area contributed by atoms with E-state index in [-0.39, 0.29) is 31.1 Å². The average molecular weight is 793 g/mol. The van der Waals surface area contributed by atoms with Gasteiger partial charge in [-0.2, -0.15) is 0 Å². The van der Waals surface area contributed by atoms with Crippen LogP contribution in [0.2, 0.25) is 0 Å². The first-order chi connectivity index (χ1) is 27.5. The van der Waals surface area contributed by atoms with E-state index in [1.807, 2.05) is 0 Å². The fraction of sp³-hybridized carbons (Fsp3) is 0.940. The van der Waals surface area contributed by atoms with Crippen molar-refractivity contribution in [3.63, 3.8) is 0 Å². The number of ether oxygens (including phenoxy) is 3. The summed E-state index contributed by atoms with van der Waals surface area (Å²) in [5.41, 5.74) is 0. The van der Waals surface area contributed by atoms with Crippen LogP contribution in [0.1, 0.15) is 284 Å². The maximum atomic E-state index is 12.7. The molecule has 0 saturated heterocycles. The summed E-state index contributed by atoms with van der Waals surface area (Å²) in [5.74, 6) is -0.852. The molecule has 6 nitrogen and oxygen atoms in total. The van der Waals surface area contributed by atoms with Crippen molar-refractivity contribution >= 4 is 17.9 Å². The van der Waals surface area contributed by atoms with Gasteiger partial charge in [-0.25, -0.2) is 0 Å². The van der Waals surface area contributed by atoms with E-state index in [2.05, 4.69) is 20.8 Å². The van der Waals surface area contributed by atoms with Gasteiger partial charge in [0.1, 0.15) is 13.2 Å². The van der Waals surface area contributed by atoms with Crippen LogP contribution >= 0.6 is 0 Å². The van der Waals surface area contributed by atoms with Gasteiger partial charge in [-0.1, -0.05) is 245 Å². The lowest BCUT2D eigenvalue weighted by Crippen LogP contribution is -2.30. The van der Waals surface area contributed by atoms with Crippen molar-refractivity contribution in [2.24, 2.45) is 0 Å². The first-order valence-electron chi connectivity index (χ1n) is 25.0. The molecular formula is C50H96O6. The fourth-order valence-corrected chi connectivity index (χ4v) is 7.56. The molecule has 0 saturated carbocycles. The molecule has 56 heavy (non-hydrogen) atoms. The van der Waals surface area contributed by atoms with Gasteiger partial charge in [-0.15, -0.1) is 0 Å². The molecule has 0 radical (unpaired) electrons. The topological polar surface area (TPSA) is 78.9 Å². The molecule has 0 rings (SSSR count). The van der Waals surface area contributed by atoms with Crippen LogP contribution in [0.4, 0.5) is 0 Å². The first-order valence-corrected chi connectivity index (χ1v) is 25.0. The zero-order valence-electron chi connectivity index (χ0n) is 37.9. The minimum atomic E-state index is -0.758. The Morgan fingerprint density at radius 3 is 0.714 bits per heavy atom. The molecule has 0 bridgehead atoms. The molecule has 0 N–H and O–H groups in total. The lowest BCUT2D eigenvalue weighted by atomic mass is 10.0. The van der Waals surface area contributed by atoms with E-state index in [0.29, 0.717) is 19.3 Å². The van der Waals surface area contributed by atoms with E-state index < -0.39 is 6.10 Å². The van der Waals surface area contributed by atoms with Crippen LogP contribution in [0.25, 0.3) is 0 Å². The Labute approximate surface area is 348 Å². The average Bonchev–Trinajstić information content (AvgIpc) is 3.19. The van der Waals surface area contributed by atoms with Crippen molar-refractivity contribution in [1.82, 2.24) is 0 Å². The minimum absolute atomic E-state index is 0.0628.